The monoisotopic (exact) mass is 438 g/mol. The number of rotatable bonds is 5. The molecule has 0 fully saturated rings. The van der Waals surface area contributed by atoms with Crippen molar-refractivity contribution in [1.29, 1.82) is 0 Å². The van der Waals surface area contributed by atoms with Crippen molar-refractivity contribution in [2.75, 3.05) is 11.6 Å². The first-order valence-electron chi connectivity index (χ1n) is 9.45. The van der Waals surface area contributed by atoms with Gasteiger partial charge in [0.15, 0.2) is 5.13 Å². The van der Waals surface area contributed by atoms with Crippen molar-refractivity contribution in [2.45, 2.75) is 39.3 Å². The van der Waals surface area contributed by atoms with Gasteiger partial charge < -0.3 is 5.32 Å². The highest BCUT2D eigenvalue weighted by atomic mass is 32.2. The van der Waals surface area contributed by atoms with Crippen LogP contribution in [0.25, 0.3) is 17.0 Å². The maximum Gasteiger partial charge on any atom is 0.253 e. The molecule has 3 aromatic heterocycles. The van der Waals surface area contributed by atoms with Gasteiger partial charge in [-0.15, -0.1) is 16.4 Å². The Morgan fingerprint density at radius 1 is 1.13 bits per heavy atom. The van der Waals surface area contributed by atoms with Crippen LogP contribution in [0, 0.1) is 27.7 Å². The number of fused-ring (bicyclic) bond motifs is 1. The van der Waals surface area contributed by atoms with Crippen LogP contribution < -0.4 is 5.32 Å². The van der Waals surface area contributed by atoms with Crippen LogP contribution in [0.15, 0.2) is 28.7 Å². The van der Waals surface area contributed by atoms with Gasteiger partial charge in [-0.25, -0.2) is 14.5 Å². The fourth-order valence-electron chi connectivity index (χ4n) is 3.22. The zero-order valence-corrected chi connectivity index (χ0v) is 19.1. The summed E-state index contributed by atoms with van der Waals surface area (Å²) in [7, 11) is 0. The molecule has 0 bridgehead atoms. The minimum atomic E-state index is -0.131. The fraction of sp³-hybridized carbons (Fsp3) is 0.286. The molecule has 4 aromatic rings. The molecule has 30 heavy (non-hydrogen) atoms. The third-order valence-electron chi connectivity index (χ3n) is 5.10. The van der Waals surface area contributed by atoms with E-state index in [0.29, 0.717) is 16.1 Å². The number of thioether (sulfide) groups is 1. The molecule has 0 aliphatic heterocycles. The molecule has 0 saturated carbocycles. The first-order chi connectivity index (χ1) is 14.4. The average Bonchev–Trinajstić information content (AvgIpc) is 3.34. The molecule has 9 heteroatoms. The molecule has 1 amide bonds. The number of nitrogens with one attached hydrogen (secondary N) is 1. The highest BCUT2D eigenvalue weighted by Gasteiger charge is 2.17. The van der Waals surface area contributed by atoms with E-state index >= 15 is 0 Å². The van der Waals surface area contributed by atoms with E-state index in [2.05, 4.69) is 57.4 Å². The van der Waals surface area contributed by atoms with E-state index in [1.165, 1.54) is 34.2 Å². The van der Waals surface area contributed by atoms with Gasteiger partial charge in [-0.3, -0.25) is 4.79 Å². The lowest BCUT2D eigenvalue weighted by Gasteiger charge is -2.09. The number of thiazole rings is 1. The second kappa shape index (κ2) is 8.16. The summed E-state index contributed by atoms with van der Waals surface area (Å²) in [5.74, 6) is 0.421. The number of nitrogens with zero attached hydrogens (tertiary/aromatic N) is 5. The van der Waals surface area contributed by atoms with Crippen LogP contribution in [0.4, 0.5) is 5.13 Å². The molecule has 0 unspecified atom stereocenters. The quantitative estimate of drug-likeness (QED) is 0.465. The number of benzene rings is 1. The van der Waals surface area contributed by atoms with E-state index < -0.39 is 0 Å². The van der Waals surface area contributed by atoms with Gasteiger partial charge in [-0.2, -0.15) is 4.98 Å². The third kappa shape index (κ3) is 3.95. The number of carbonyl (C=O) groups is 1. The summed E-state index contributed by atoms with van der Waals surface area (Å²) in [5, 5.41) is 10.6. The van der Waals surface area contributed by atoms with Crippen LogP contribution in [0.2, 0.25) is 0 Å². The minimum Gasteiger partial charge on any atom is -0.302 e. The number of carbonyl (C=O) groups excluding carboxylic acids is 1. The van der Waals surface area contributed by atoms with Gasteiger partial charge in [0, 0.05) is 27.9 Å². The summed E-state index contributed by atoms with van der Waals surface area (Å²) in [6, 6.07) is 6.26. The first-order valence-corrected chi connectivity index (χ1v) is 11.6. The lowest BCUT2D eigenvalue weighted by molar-refractivity contribution is -0.115. The molecule has 7 nitrogen and oxygen atoms in total. The Labute approximate surface area is 183 Å². The molecule has 0 aliphatic carbocycles. The van der Waals surface area contributed by atoms with Gasteiger partial charge >= 0.3 is 0 Å². The van der Waals surface area contributed by atoms with Crippen LogP contribution in [-0.4, -0.2) is 36.7 Å². The van der Waals surface area contributed by atoms with Crippen LogP contribution in [0.1, 0.15) is 28.1 Å². The van der Waals surface area contributed by atoms with Crippen molar-refractivity contribution in [1.82, 2.24) is 24.6 Å². The summed E-state index contributed by atoms with van der Waals surface area (Å²) < 4.78 is 1.70. The van der Waals surface area contributed by atoms with Crippen molar-refractivity contribution >= 4 is 39.9 Å². The van der Waals surface area contributed by atoms with E-state index in [1.54, 1.807) is 4.52 Å². The Morgan fingerprint density at radius 3 is 2.67 bits per heavy atom. The molecule has 1 aromatic carbocycles. The lowest BCUT2D eigenvalue weighted by Crippen LogP contribution is -2.17. The zero-order valence-electron chi connectivity index (χ0n) is 17.5. The summed E-state index contributed by atoms with van der Waals surface area (Å²) >= 11 is 2.89. The molecule has 0 aliphatic rings. The van der Waals surface area contributed by atoms with Gasteiger partial charge in [0.1, 0.15) is 0 Å². The maximum absolute atomic E-state index is 12.7. The van der Waals surface area contributed by atoms with Gasteiger partial charge in [-0.1, -0.05) is 23.9 Å². The van der Waals surface area contributed by atoms with Crippen molar-refractivity contribution in [2.24, 2.45) is 0 Å². The van der Waals surface area contributed by atoms with Crippen molar-refractivity contribution in [3.63, 3.8) is 0 Å². The topological polar surface area (TPSA) is 85.1 Å². The molecule has 3 heterocycles. The van der Waals surface area contributed by atoms with Gasteiger partial charge in [0.25, 0.3) is 5.78 Å². The second-order valence-electron chi connectivity index (χ2n) is 7.13. The van der Waals surface area contributed by atoms with Crippen molar-refractivity contribution in [3.8, 4) is 11.3 Å². The number of hydrogen-bond donors (Lipinski definition) is 1. The van der Waals surface area contributed by atoms with Gasteiger partial charge in [0.05, 0.1) is 12.1 Å². The van der Waals surface area contributed by atoms with E-state index in [-0.39, 0.29) is 12.3 Å². The number of aromatic nitrogens is 5. The first kappa shape index (κ1) is 20.5. The van der Waals surface area contributed by atoms with E-state index in [9.17, 15) is 4.79 Å². The minimum absolute atomic E-state index is 0.131. The summed E-state index contributed by atoms with van der Waals surface area (Å²) in [4.78, 5) is 26.2. The van der Waals surface area contributed by atoms with E-state index in [1.807, 2.05) is 25.5 Å². The molecule has 0 radical (unpaired) electrons. The Morgan fingerprint density at radius 2 is 1.93 bits per heavy atom. The van der Waals surface area contributed by atoms with Gasteiger partial charge in [-0.05, 0) is 51.1 Å². The summed E-state index contributed by atoms with van der Waals surface area (Å²) in [6.45, 7) is 8.00. The van der Waals surface area contributed by atoms with Crippen molar-refractivity contribution < 1.29 is 4.79 Å². The molecule has 1 N–H and O–H groups in total. The number of amides is 1. The Hall–Kier alpha value is -2.78. The van der Waals surface area contributed by atoms with Crippen LogP contribution in [0.5, 0.6) is 0 Å². The Bertz CT molecular complexity index is 1260. The molecular weight excluding hydrogens is 416 g/mol. The SMILES string of the molecule is CSc1nc2nc(C)c(CC(=O)Nc3nc(-c4ccc(C)c(C)c4)cs3)c(C)n2n1. The predicted octanol–water partition coefficient (Wildman–Crippen LogP) is 4.38. The van der Waals surface area contributed by atoms with Crippen LogP contribution >= 0.6 is 23.1 Å². The third-order valence-corrected chi connectivity index (χ3v) is 6.40. The molecular formula is C21H22N6OS2. The zero-order chi connectivity index (χ0) is 21.4. The molecule has 4 rings (SSSR count). The summed E-state index contributed by atoms with van der Waals surface area (Å²) in [5.41, 5.74) is 6.88. The summed E-state index contributed by atoms with van der Waals surface area (Å²) in [6.07, 6.45) is 2.12. The largest absolute Gasteiger partial charge is 0.302 e. The normalized spacial score (nSPS) is 11.2. The Kier molecular flexibility index (Phi) is 5.57. The Balaban J connectivity index is 1.53. The van der Waals surface area contributed by atoms with Gasteiger partial charge in [0.2, 0.25) is 11.1 Å². The highest BCUT2D eigenvalue weighted by molar-refractivity contribution is 7.98. The standard InChI is InChI=1S/C21H22N6OS2/c1-11-6-7-15(8-12(11)2)17-10-30-20(23-17)24-18(28)9-16-13(3)22-19-25-21(29-5)26-27(19)14(16)4/h6-8,10H,9H2,1-5H3,(H,23,24,28). The van der Waals surface area contributed by atoms with Crippen LogP contribution in [-0.2, 0) is 11.2 Å². The van der Waals surface area contributed by atoms with E-state index in [0.717, 1.165) is 28.2 Å². The average molecular weight is 439 g/mol. The number of hydrogen-bond acceptors (Lipinski definition) is 7. The predicted molar refractivity (Wildman–Crippen MR) is 121 cm³/mol. The van der Waals surface area contributed by atoms with Crippen LogP contribution in [0.3, 0.4) is 0 Å². The molecule has 0 saturated heterocycles. The second-order valence-corrected chi connectivity index (χ2v) is 8.76. The molecule has 0 atom stereocenters. The molecule has 154 valence electrons. The number of aryl methyl sites for hydroxylation is 4. The highest BCUT2D eigenvalue weighted by Crippen LogP contribution is 2.27. The smallest absolute Gasteiger partial charge is 0.253 e. The number of anilines is 1. The van der Waals surface area contributed by atoms with E-state index in [4.69, 9.17) is 0 Å². The fourth-order valence-corrected chi connectivity index (χ4v) is 4.29. The van der Waals surface area contributed by atoms with Crippen molar-refractivity contribution in [3.05, 3.63) is 51.7 Å². The lowest BCUT2D eigenvalue weighted by atomic mass is 10.1. The molecule has 0 spiro atoms. The maximum atomic E-state index is 12.7.